The number of fused-ring (bicyclic) bond motifs is 1. The molecule has 2 aromatic heterocycles. The van der Waals surface area contributed by atoms with Crippen molar-refractivity contribution in [3.8, 4) is 5.75 Å². The molecule has 0 aliphatic carbocycles. The predicted octanol–water partition coefficient (Wildman–Crippen LogP) is 3.20. The van der Waals surface area contributed by atoms with Gasteiger partial charge in [-0.2, -0.15) is 0 Å². The molecule has 1 fully saturated rings. The van der Waals surface area contributed by atoms with E-state index in [1.54, 1.807) is 18.4 Å². The summed E-state index contributed by atoms with van der Waals surface area (Å²) in [5.41, 5.74) is 1.02. The monoisotopic (exact) mass is 328 g/mol. The predicted molar refractivity (Wildman–Crippen MR) is 93.5 cm³/mol. The Hall–Kier alpha value is -2.08. The third kappa shape index (κ3) is 2.67. The first kappa shape index (κ1) is 14.5. The maximum atomic E-state index is 5.27. The van der Waals surface area contributed by atoms with Gasteiger partial charge in [-0.3, -0.25) is 0 Å². The molecule has 6 heteroatoms. The number of hydrogen-bond acceptors (Lipinski definition) is 5. The molecule has 0 unspecified atom stereocenters. The normalized spacial score (nSPS) is 15.1. The highest BCUT2D eigenvalue weighted by molar-refractivity contribution is 7.22. The molecular weight excluding hydrogens is 308 g/mol. The van der Waals surface area contributed by atoms with Crippen molar-refractivity contribution in [1.82, 2.24) is 14.5 Å². The molecule has 0 N–H and O–H groups in total. The van der Waals surface area contributed by atoms with E-state index in [0.717, 1.165) is 42.5 Å². The number of thiazole rings is 1. The van der Waals surface area contributed by atoms with Gasteiger partial charge in [0.05, 0.1) is 17.3 Å². The van der Waals surface area contributed by atoms with Gasteiger partial charge < -0.3 is 14.2 Å². The summed E-state index contributed by atoms with van der Waals surface area (Å²) in [4.78, 5) is 11.5. The van der Waals surface area contributed by atoms with Crippen LogP contribution in [0.2, 0.25) is 0 Å². The number of nitrogens with zero attached hydrogens (tertiary/aromatic N) is 4. The van der Waals surface area contributed by atoms with Crippen molar-refractivity contribution in [3.63, 3.8) is 0 Å². The van der Waals surface area contributed by atoms with Crippen LogP contribution in [0.25, 0.3) is 10.2 Å². The summed E-state index contributed by atoms with van der Waals surface area (Å²) in [5.74, 6) is 2.72. The van der Waals surface area contributed by atoms with E-state index >= 15 is 0 Å². The molecule has 1 aliphatic heterocycles. The Balaban J connectivity index is 1.43. The first-order valence-electron chi connectivity index (χ1n) is 7.96. The lowest BCUT2D eigenvalue weighted by atomic mass is 10.0. The Morgan fingerprint density at radius 2 is 2.22 bits per heavy atom. The molecule has 0 amide bonds. The van der Waals surface area contributed by atoms with E-state index in [4.69, 9.17) is 9.72 Å². The summed E-state index contributed by atoms with van der Waals surface area (Å²) in [6.45, 7) is 5.34. The fraction of sp³-hybridized carbons (Fsp3) is 0.412. The molecule has 1 aliphatic rings. The standard InChI is InChI=1S/C17H20N4OS/c1-3-16-18-6-7-20(16)9-12-10-21(11-12)17-19-14-8-13(22-2)4-5-15(14)23-17/h4-8,12H,3,9-11H2,1-2H3. The first-order valence-corrected chi connectivity index (χ1v) is 8.78. The summed E-state index contributed by atoms with van der Waals surface area (Å²) in [6.07, 6.45) is 4.98. The van der Waals surface area contributed by atoms with Crippen LogP contribution in [0.5, 0.6) is 5.75 Å². The third-order valence-corrected chi connectivity index (χ3v) is 5.48. The number of methoxy groups -OCH3 is 1. The molecule has 0 spiro atoms. The van der Waals surface area contributed by atoms with Crippen LogP contribution in [0.1, 0.15) is 12.7 Å². The molecule has 23 heavy (non-hydrogen) atoms. The second-order valence-electron chi connectivity index (χ2n) is 5.95. The van der Waals surface area contributed by atoms with E-state index in [-0.39, 0.29) is 0 Å². The SMILES string of the molecule is CCc1nccn1CC1CN(c2nc3cc(OC)ccc3s2)C1. The largest absolute Gasteiger partial charge is 0.497 e. The number of hydrogen-bond donors (Lipinski definition) is 0. The van der Waals surface area contributed by atoms with Crippen LogP contribution in [-0.4, -0.2) is 34.7 Å². The van der Waals surface area contributed by atoms with E-state index in [2.05, 4.69) is 33.6 Å². The number of rotatable bonds is 5. The second kappa shape index (κ2) is 5.85. The maximum absolute atomic E-state index is 5.27. The molecule has 4 rings (SSSR count). The molecule has 120 valence electrons. The van der Waals surface area contributed by atoms with Gasteiger partial charge >= 0.3 is 0 Å². The Morgan fingerprint density at radius 3 is 3.00 bits per heavy atom. The van der Waals surface area contributed by atoms with Crippen molar-refractivity contribution >= 4 is 26.7 Å². The van der Waals surface area contributed by atoms with Gasteiger partial charge in [0.15, 0.2) is 5.13 Å². The number of aryl methyl sites for hydroxylation is 1. The highest BCUT2D eigenvalue weighted by Crippen LogP contribution is 2.34. The van der Waals surface area contributed by atoms with Crippen molar-refractivity contribution < 1.29 is 4.74 Å². The zero-order chi connectivity index (χ0) is 15.8. The number of anilines is 1. The first-order chi connectivity index (χ1) is 11.3. The zero-order valence-corrected chi connectivity index (χ0v) is 14.2. The zero-order valence-electron chi connectivity index (χ0n) is 13.4. The average Bonchev–Trinajstić information content (AvgIpc) is 3.15. The summed E-state index contributed by atoms with van der Waals surface area (Å²) < 4.78 is 8.77. The number of benzene rings is 1. The Bertz CT molecular complexity index is 819. The highest BCUT2D eigenvalue weighted by Gasteiger charge is 2.29. The van der Waals surface area contributed by atoms with Crippen LogP contribution in [0, 0.1) is 5.92 Å². The fourth-order valence-electron chi connectivity index (χ4n) is 3.10. The Morgan fingerprint density at radius 1 is 1.35 bits per heavy atom. The number of ether oxygens (including phenoxy) is 1. The van der Waals surface area contributed by atoms with E-state index in [1.165, 1.54) is 10.5 Å². The van der Waals surface area contributed by atoms with Crippen molar-refractivity contribution in [3.05, 3.63) is 36.4 Å². The van der Waals surface area contributed by atoms with Gasteiger partial charge in [-0.05, 0) is 12.1 Å². The van der Waals surface area contributed by atoms with E-state index < -0.39 is 0 Å². The molecule has 5 nitrogen and oxygen atoms in total. The van der Waals surface area contributed by atoms with E-state index in [0.29, 0.717) is 5.92 Å². The lowest BCUT2D eigenvalue weighted by Crippen LogP contribution is -2.48. The van der Waals surface area contributed by atoms with Crippen molar-refractivity contribution in [1.29, 1.82) is 0 Å². The minimum absolute atomic E-state index is 0.677. The smallest absolute Gasteiger partial charge is 0.186 e. The van der Waals surface area contributed by atoms with Gasteiger partial charge in [0.2, 0.25) is 0 Å². The van der Waals surface area contributed by atoms with Gasteiger partial charge in [-0.15, -0.1) is 0 Å². The van der Waals surface area contributed by atoms with Gasteiger partial charge in [-0.25, -0.2) is 9.97 Å². The minimum atomic E-state index is 0.677. The molecule has 0 saturated carbocycles. The molecule has 1 aromatic carbocycles. The van der Waals surface area contributed by atoms with Crippen LogP contribution in [0.3, 0.4) is 0 Å². The van der Waals surface area contributed by atoms with Gasteiger partial charge in [0.25, 0.3) is 0 Å². The van der Waals surface area contributed by atoms with Crippen molar-refractivity contribution in [2.24, 2.45) is 5.92 Å². The third-order valence-electron chi connectivity index (χ3n) is 4.38. The lowest BCUT2D eigenvalue weighted by Gasteiger charge is -2.39. The van der Waals surface area contributed by atoms with Crippen LogP contribution in [-0.2, 0) is 13.0 Å². The molecule has 3 heterocycles. The van der Waals surface area contributed by atoms with Gasteiger partial charge in [0.1, 0.15) is 11.6 Å². The van der Waals surface area contributed by atoms with Crippen LogP contribution in [0.15, 0.2) is 30.6 Å². The van der Waals surface area contributed by atoms with E-state index in [9.17, 15) is 0 Å². The number of imidazole rings is 1. The molecule has 0 bridgehead atoms. The van der Waals surface area contributed by atoms with E-state index in [1.807, 2.05) is 18.3 Å². The van der Waals surface area contributed by atoms with Gasteiger partial charge in [0, 0.05) is 50.4 Å². The molecule has 1 saturated heterocycles. The lowest BCUT2D eigenvalue weighted by molar-refractivity contribution is 0.353. The van der Waals surface area contributed by atoms with Crippen LogP contribution in [0.4, 0.5) is 5.13 Å². The van der Waals surface area contributed by atoms with Crippen LogP contribution < -0.4 is 9.64 Å². The summed E-state index contributed by atoms with van der Waals surface area (Å²) >= 11 is 1.76. The molecule has 0 radical (unpaired) electrons. The Labute approximate surface area is 139 Å². The minimum Gasteiger partial charge on any atom is -0.497 e. The summed E-state index contributed by atoms with van der Waals surface area (Å²) in [5, 5.41) is 1.12. The van der Waals surface area contributed by atoms with Crippen molar-refractivity contribution in [2.75, 3.05) is 25.1 Å². The maximum Gasteiger partial charge on any atom is 0.186 e. The molecular formula is C17H20N4OS. The fourth-order valence-corrected chi connectivity index (χ4v) is 4.06. The summed E-state index contributed by atoms with van der Waals surface area (Å²) in [6, 6.07) is 6.09. The Kier molecular flexibility index (Phi) is 3.69. The molecule has 0 atom stereocenters. The summed E-state index contributed by atoms with van der Waals surface area (Å²) in [7, 11) is 1.69. The topological polar surface area (TPSA) is 43.2 Å². The average molecular weight is 328 g/mol. The molecule has 3 aromatic rings. The highest BCUT2D eigenvalue weighted by atomic mass is 32.1. The van der Waals surface area contributed by atoms with Crippen molar-refractivity contribution in [2.45, 2.75) is 19.9 Å². The van der Waals surface area contributed by atoms with Gasteiger partial charge in [-0.1, -0.05) is 18.3 Å². The second-order valence-corrected chi connectivity index (χ2v) is 6.96. The quantitative estimate of drug-likeness (QED) is 0.721. The number of aromatic nitrogens is 3. The van der Waals surface area contributed by atoms with Crippen LogP contribution >= 0.6 is 11.3 Å².